The number of rotatable bonds is 10. The lowest BCUT2D eigenvalue weighted by molar-refractivity contribution is -0.139. The Hall–Kier alpha value is -4.86. The van der Waals surface area contributed by atoms with Crippen molar-refractivity contribution in [2.24, 2.45) is 4.99 Å². The van der Waals surface area contributed by atoms with Gasteiger partial charge in [0.1, 0.15) is 12.6 Å². The van der Waals surface area contributed by atoms with Gasteiger partial charge in [-0.25, -0.2) is 9.79 Å². The summed E-state index contributed by atoms with van der Waals surface area (Å²) in [6.07, 6.45) is 1.73. The Morgan fingerprint density at radius 3 is 2.52 bits per heavy atom. The fraction of sp³-hybridized carbons (Fsp3) is 0.235. The molecule has 1 atom stereocenters. The molecule has 0 saturated heterocycles. The number of benzene rings is 3. The largest absolute Gasteiger partial charge is 0.493 e. The summed E-state index contributed by atoms with van der Waals surface area (Å²) in [5.74, 6) is 1.17. The number of carbonyl (C=O) groups is 1. The van der Waals surface area contributed by atoms with Crippen LogP contribution in [0.25, 0.3) is 6.08 Å². The normalized spacial score (nSPS) is 14.2. The van der Waals surface area contributed by atoms with Gasteiger partial charge in [0, 0.05) is 15.6 Å². The maximum Gasteiger partial charge on any atom is 0.338 e. The summed E-state index contributed by atoms with van der Waals surface area (Å²) in [7, 11) is 4.55. The van der Waals surface area contributed by atoms with Gasteiger partial charge in [-0.1, -0.05) is 57.6 Å². The van der Waals surface area contributed by atoms with Crippen LogP contribution in [0.3, 0.4) is 0 Å². The highest BCUT2D eigenvalue weighted by atomic mass is 79.9. The van der Waals surface area contributed by atoms with E-state index in [4.69, 9.17) is 23.7 Å². The number of hydrogen-bond acceptors (Lipinski definition) is 10. The van der Waals surface area contributed by atoms with E-state index in [-0.39, 0.29) is 24.3 Å². The number of thiazole rings is 1. The minimum atomic E-state index is -0.882. The van der Waals surface area contributed by atoms with Crippen LogP contribution in [0.1, 0.15) is 42.1 Å². The van der Waals surface area contributed by atoms with Gasteiger partial charge in [-0.2, -0.15) is 5.26 Å². The summed E-state index contributed by atoms with van der Waals surface area (Å²) in [5.41, 5.74) is 2.79. The molecule has 0 saturated carbocycles. The van der Waals surface area contributed by atoms with Crippen molar-refractivity contribution in [3.8, 4) is 29.1 Å². The number of fused-ring (bicyclic) bond motifs is 1. The van der Waals surface area contributed by atoms with Gasteiger partial charge in [0.2, 0.25) is 0 Å². The molecule has 2 heterocycles. The van der Waals surface area contributed by atoms with Crippen LogP contribution in [0.2, 0.25) is 0 Å². The fourth-order valence-corrected chi connectivity index (χ4v) is 6.67. The lowest BCUT2D eigenvalue weighted by atomic mass is 9.94. The highest BCUT2D eigenvalue weighted by Crippen LogP contribution is 2.40. The van der Waals surface area contributed by atoms with Crippen LogP contribution in [-0.4, -0.2) is 38.5 Å². The molecule has 0 fully saturated rings. The smallest absolute Gasteiger partial charge is 0.338 e. The monoisotopic (exact) mass is 703 g/mol. The zero-order valence-corrected chi connectivity index (χ0v) is 28.2. The molecule has 0 bridgehead atoms. The lowest BCUT2D eigenvalue weighted by Crippen LogP contribution is -2.40. The second kappa shape index (κ2) is 14.1. The zero-order valence-electron chi connectivity index (χ0n) is 25.8. The third kappa shape index (κ3) is 6.16. The standard InChI is InChI=1S/C34H30BrN3O7S/c1-6-44-33(40)29-19(2)37-34-38(30(29)23-12-9-13-25(41-3)31(23)43-5)32(39)28(46-34)15-22-14-26(42-4)27(16-24(22)35)45-18-21-11-8-7-10-20(21)17-36/h7-16,30H,6,18H2,1-5H3. The number of nitriles is 1. The second-order valence-electron chi connectivity index (χ2n) is 9.97. The van der Waals surface area contributed by atoms with Crippen molar-refractivity contribution in [1.29, 1.82) is 5.26 Å². The van der Waals surface area contributed by atoms with Crippen molar-refractivity contribution in [3.63, 3.8) is 0 Å². The molecule has 46 heavy (non-hydrogen) atoms. The maximum atomic E-state index is 14.2. The van der Waals surface area contributed by atoms with E-state index >= 15 is 0 Å². The van der Waals surface area contributed by atoms with Crippen LogP contribution < -0.4 is 33.8 Å². The zero-order chi connectivity index (χ0) is 33.0. The number of allylic oxidation sites excluding steroid dienone is 1. The van der Waals surface area contributed by atoms with Crippen LogP contribution in [0.4, 0.5) is 0 Å². The average Bonchev–Trinajstić information content (AvgIpc) is 3.37. The van der Waals surface area contributed by atoms with Gasteiger partial charge in [0.15, 0.2) is 27.8 Å². The minimum Gasteiger partial charge on any atom is -0.493 e. The maximum absolute atomic E-state index is 14.2. The van der Waals surface area contributed by atoms with Crippen LogP contribution >= 0.6 is 27.3 Å². The lowest BCUT2D eigenvalue weighted by Gasteiger charge is -2.26. The Kier molecular flexibility index (Phi) is 9.94. The molecule has 1 aliphatic rings. The summed E-state index contributed by atoms with van der Waals surface area (Å²) in [6, 6.07) is 17.3. The van der Waals surface area contributed by atoms with Crippen molar-refractivity contribution in [3.05, 3.63) is 112 Å². The first-order valence-corrected chi connectivity index (χ1v) is 15.8. The molecular weight excluding hydrogens is 674 g/mol. The van der Waals surface area contributed by atoms with Crippen molar-refractivity contribution < 1.29 is 28.5 Å². The van der Waals surface area contributed by atoms with Gasteiger partial charge in [0.05, 0.1) is 55.4 Å². The van der Waals surface area contributed by atoms with Crippen molar-refractivity contribution in [1.82, 2.24) is 4.57 Å². The fourth-order valence-electron chi connectivity index (χ4n) is 5.20. The van der Waals surface area contributed by atoms with Gasteiger partial charge in [0.25, 0.3) is 5.56 Å². The summed E-state index contributed by atoms with van der Waals surface area (Å²) < 4.78 is 30.8. The van der Waals surface area contributed by atoms with E-state index in [2.05, 4.69) is 27.0 Å². The molecule has 3 aromatic carbocycles. The molecule has 10 nitrogen and oxygen atoms in total. The molecule has 236 valence electrons. The van der Waals surface area contributed by atoms with E-state index in [1.807, 2.05) is 12.1 Å². The Morgan fingerprint density at radius 2 is 1.83 bits per heavy atom. The van der Waals surface area contributed by atoms with Crippen molar-refractivity contribution >= 4 is 39.3 Å². The number of para-hydroxylation sites is 1. The molecule has 1 unspecified atom stereocenters. The van der Waals surface area contributed by atoms with Crippen LogP contribution in [0.15, 0.2) is 80.1 Å². The predicted octanol–water partition coefficient (Wildman–Crippen LogP) is 5.04. The molecule has 4 aromatic rings. The molecule has 0 amide bonds. The molecule has 0 N–H and O–H groups in total. The van der Waals surface area contributed by atoms with Crippen molar-refractivity contribution in [2.45, 2.75) is 26.5 Å². The molecule has 1 aliphatic heterocycles. The highest BCUT2D eigenvalue weighted by Gasteiger charge is 2.35. The average molecular weight is 705 g/mol. The molecular formula is C34H30BrN3O7S. The number of nitrogens with zero attached hydrogens (tertiary/aromatic N) is 3. The molecule has 0 aliphatic carbocycles. The first kappa shape index (κ1) is 32.5. The Bertz CT molecular complexity index is 2080. The summed E-state index contributed by atoms with van der Waals surface area (Å²) in [5, 5.41) is 9.42. The highest BCUT2D eigenvalue weighted by molar-refractivity contribution is 9.10. The van der Waals surface area contributed by atoms with Crippen LogP contribution in [-0.2, 0) is 16.1 Å². The Morgan fingerprint density at radius 1 is 1.07 bits per heavy atom. The molecule has 0 spiro atoms. The SMILES string of the molecule is CCOC(=O)C1=C(C)N=c2sc(=Cc3cc(OC)c(OCc4ccccc4C#N)cc3Br)c(=O)n2C1c1cccc(OC)c1OC. The topological polar surface area (TPSA) is 121 Å². The number of aromatic nitrogens is 1. The van der Waals surface area contributed by atoms with E-state index in [0.717, 1.165) is 5.56 Å². The predicted molar refractivity (Wildman–Crippen MR) is 176 cm³/mol. The quantitative estimate of drug-likeness (QED) is 0.211. The van der Waals surface area contributed by atoms with E-state index in [1.165, 1.54) is 37.2 Å². The van der Waals surface area contributed by atoms with Gasteiger partial charge in [-0.3, -0.25) is 9.36 Å². The molecule has 12 heteroatoms. The molecule has 5 rings (SSSR count). The number of hydrogen-bond donors (Lipinski definition) is 0. The van der Waals surface area contributed by atoms with E-state index in [0.29, 0.717) is 59.2 Å². The molecule has 1 aromatic heterocycles. The van der Waals surface area contributed by atoms with Crippen LogP contribution in [0, 0.1) is 11.3 Å². The number of carbonyl (C=O) groups excluding carboxylic acids is 1. The third-order valence-electron chi connectivity index (χ3n) is 7.34. The Balaban J connectivity index is 1.62. The summed E-state index contributed by atoms with van der Waals surface area (Å²) in [6.45, 7) is 3.76. The summed E-state index contributed by atoms with van der Waals surface area (Å²) in [4.78, 5) is 32.6. The van der Waals surface area contributed by atoms with E-state index < -0.39 is 12.0 Å². The summed E-state index contributed by atoms with van der Waals surface area (Å²) >= 11 is 4.80. The first-order chi connectivity index (χ1) is 22.3. The Labute approximate surface area is 277 Å². The molecule has 0 radical (unpaired) electrons. The number of esters is 1. The second-order valence-corrected chi connectivity index (χ2v) is 11.8. The van der Waals surface area contributed by atoms with Crippen LogP contribution in [0.5, 0.6) is 23.0 Å². The third-order valence-corrected chi connectivity index (χ3v) is 9.01. The van der Waals surface area contributed by atoms with E-state index in [1.54, 1.807) is 62.4 Å². The number of halogens is 1. The minimum absolute atomic E-state index is 0.155. The van der Waals surface area contributed by atoms with E-state index in [9.17, 15) is 14.9 Å². The number of ether oxygens (including phenoxy) is 5. The number of methoxy groups -OCH3 is 3. The van der Waals surface area contributed by atoms with Gasteiger partial charge < -0.3 is 23.7 Å². The first-order valence-electron chi connectivity index (χ1n) is 14.1. The van der Waals surface area contributed by atoms with Gasteiger partial charge >= 0.3 is 5.97 Å². The van der Waals surface area contributed by atoms with Gasteiger partial charge in [-0.15, -0.1) is 0 Å². The van der Waals surface area contributed by atoms with Gasteiger partial charge in [-0.05, 0) is 49.8 Å². The van der Waals surface area contributed by atoms with Crippen molar-refractivity contribution in [2.75, 3.05) is 27.9 Å².